The Morgan fingerprint density at radius 1 is 1.03 bits per heavy atom. The van der Waals surface area contributed by atoms with Crippen LogP contribution in [0.15, 0.2) is 59.6 Å². The number of carbonyl (C=O) groups is 1. The van der Waals surface area contributed by atoms with Gasteiger partial charge in [0.25, 0.3) is 0 Å². The average molecular weight is 399 g/mol. The van der Waals surface area contributed by atoms with Crippen LogP contribution < -0.4 is 5.32 Å². The van der Waals surface area contributed by atoms with E-state index in [-0.39, 0.29) is 5.91 Å². The van der Waals surface area contributed by atoms with Crippen molar-refractivity contribution >= 4 is 11.6 Å². The summed E-state index contributed by atoms with van der Waals surface area (Å²) in [4.78, 5) is 17.1. The summed E-state index contributed by atoms with van der Waals surface area (Å²) in [5.41, 5.74) is 6.03. The summed E-state index contributed by atoms with van der Waals surface area (Å²) < 4.78 is 0. The van der Waals surface area contributed by atoms with Gasteiger partial charge in [0.2, 0.25) is 5.91 Å². The number of nitrogens with zero attached hydrogens (tertiary/aromatic N) is 1. The Morgan fingerprint density at radius 3 is 2.47 bits per heavy atom. The minimum absolute atomic E-state index is 0.0813. The molecule has 4 fully saturated rings. The molecular formula is C27H30N2O. The van der Waals surface area contributed by atoms with Crippen molar-refractivity contribution < 1.29 is 4.79 Å². The van der Waals surface area contributed by atoms with E-state index in [2.05, 4.69) is 36.5 Å². The topological polar surface area (TPSA) is 41.5 Å². The third kappa shape index (κ3) is 2.06. The van der Waals surface area contributed by atoms with Crippen LogP contribution in [0.4, 0.5) is 0 Å². The fourth-order valence-corrected chi connectivity index (χ4v) is 8.23. The average Bonchev–Trinajstić information content (AvgIpc) is 2.72. The molecule has 6 atom stereocenters. The largest absolute Gasteiger partial charge is 0.352 e. The summed E-state index contributed by atoms with van der Waals surface area (Å²) in [5.74, 6) is 3.53. The zero-order valence-corrected chi connectivity index (χ0v) is 17.9. The fraction of sp³-hybridized carbons (Fsp3) is 0.481. The van der Waals surface area contributed by atoms with E-state index in [9.17, 15) is 4.79 Å². The summed E-state index contributed by atoms with van der Waals surface area (Å²) in [6.45, 7) is 2.86. The maximum Gasteiger partial charge on any atom is 0.224 e. The second-order valence-corrected chi connectivity index (χ2v) is 10.0. The second-order valence-electron chi connectivity index (χ2n) is 10.0. The van der Waals surface area contributed by atoms with Crippen molar-refractivity contribution in [1.29, 1.82) is 0 Å². The molecule has 4 aliphatic carbocycles. The molecule has 0 radical (unpaired) electrons. The molecule has 0 bridgehead atoms. The fourth-order valence-electron chi connectivity index (χ4n) is 8.23. The first-order valence-electron chi connectivity index (χ1n) is 11.4. The Labute approximate surface area is 179 Å². The van der Waals surface area contributed by atoms with Crippen molar-refractivity contribution in [3.05, 3.63) is 71.3 Å². The van der Waals surface area contributed by atoms with Gasteiger partial charge in [0.1, 0.15) is 0 Å². The van der Waals surface area contributed by atoms with Crippen molar-refractivity contribution in [2.75, 3.05) is 7.05 Å². The molecule has 6 rings (SSSR count). The molecule has 4 aliphatic rings. The Kier molecular flexibility index (Phi) is 3.85. The highest BCUT2D eigenvalue weighted by Crippen LogP contribution is 2.96. The van der Waals surface area contributed by atoms with Crippen LogP contribution in [-0.4, -0.2) is 18.7 Å². The van der Waals surface area contributed by atoms with Crippen molar-refractivity contribution in [1.82, 2.24) is 5.32 Å². The van der Waals surface area contributed by atoms with Crippen LogP contribution in [0.5, 0.6) is 0 Å². The molecule has 2 aromatic carbocycles. The number of hydrogen-bond acceptors (Lipinski definition) is 2. The standard InChI is InChI=1S/C27H30N2O/c1-17(28-2)26-15-22-13-21-14-23(27(21,22)26)25(26)20-10-8-18(9-11-20)12-24(30)29-16-19-6-4-3-5-7-19/h3-11,21-23,25H,12-16H2,1-2H3,(H,29,30)/t21?,22?,23?,25-,26?,27?/m1/s1. The monoisotopic (exact) mass is 398 g/mol. The van der Waals surface area contributed by atoms with E-state index in [1.165, 1.54) is 30.5 Å². The van der Waals surface area contributed by atoms with Crippen molar-refractivity contribution in [2.45, 2.75) is 45.1 Å². The molecule has 1 N–H and O–H groups in total. The molecule has 30 heavy (non-hydrogen) atoms. The van der Waals surface area contributed by atoms with Gasteiger partial charge in [0, 0.05) is 24.7 Å². The second kappa shape index (κ2) is 6.29. The highest BCUT2D eigenvalue weighted by atomic mass is 16.1. The predicted octanol–water partition coefficient (Wildman–Crippen LogP) is 4.77. The zero-order chi connectivity index (χ0) is 20.5. The Hall–Kier alpha value is -2.42. The van der Waals surface area contributed by atoms with Crippen molar-refractivity contribution in [2.24, 2.45) is 33.6 Å². The molecule has 1 spiro atoms. The maximum atomic E-state index is 12.4. The van der Waals surface area contributed by atoms with Crippen LogP contribution >= 0.6 is 0 Å². The Morgan fingerprint density at radius 2 is 1.80 bits per heavy atom. The first-order chi connectivity index (χ1) is 14.6. The predicted molar refractivity (Wildman–Crippen MR) is 119 cm³/mol. The maximum absolute atomic E-state index is 12.4. The number of rotatable bonds is 6. The van der Waals surface area contributed by atoms with E-state index in [0.717, 1.165) is 28.9 Å². The quantitative estimate of drug-likeness (QED) is 0.700. The molecule has 0 aromatic heterocycles. The first-order valence-corrected chi connectivity index (χ1v) is 11.4. The molecule has 0 saturated heterocycles. The lowest BCUT2D eigenvalue weighted by molar-refractivity contribution is -0.418. The van der Waals surface area contributed by atoms with Gasteiger partial charge in [0.15, 0.2) is 0 Å². The van der Waals surface area contributed by atoms with E-state index >= 15 is 0 Å². The number of nitrogens with one attached hydrogen (secondary N) is 1. The Balaban J connectivity index is 1.15. The number of carbonyl (C=O) groups excluding carboxylic acids is 1. The van der Waals surface area contributed by atoms with Gasteiger partial charge in [-0.1, -0.05) is 54.6 Å². The van der Waals surface area contributed by atoms with Gasteiger partial charge in [-0.05, 0) is 72.0 Å². The zero-order valence-electron chi connectivity index (χ0n) is 17.9. The third-order valence-corrected chi connectivity index (χ3v) is 9.36. The highest BCUT2D eigenvalue weighted by Gasteiger charge is 2.91. The number of aliphatic imine (C=N–C) groups is 1. The van der Waals surface area contributed by atoms with E-state index in [1.807, 2.05) is 37.4 Å². The molecule has 4 saturated carbocycles. The summed E-state index contributed by atoms with van der Waals surface area (Å²) >= 11 is 0. The lowest BCUT2D eigenvalue weighted by atomic mass is 9.09. The first kappa shape index (κ1) is 18.4. The van der Waals surface area contributed by atoms with Crippen LogP contribution in [0.1, 0.15) is 48.8 Å². The minimum Gasteiger partial charge on any atom is -0.352 e. The van der Waals surface area contributed by atoms with Gasteiger partial charge in [-0.2, -0.15) is 0 Å². The molecular weight excluding hydrogens is 368 g/mol. The summed E-state index contributed by atoms with van der Waals surface area (Å²) in [6.07, 6.45) is 4.68. The van der Waals surface area contributed by atoms with E-state index in [0.29, 0.717) is 29.7 Å². The van der Waals surface area contributed by atoms with E-state index < -0.39 is 0 Å². The van der Waals surface area contributed by atoms with Gasteiger partial charge in [0.05, 0.1) is 6.42 Å². The summed E-state index contributed by atoms with van der Waals surface area (Å²) in [5, 5.41) is 3.03. The number of benzene rings is 2. The smallest absolute Gasteiger partial charge is 0.224 e. The molecule has 1 amide bonds. The molecule has 3 nitrogen and oxygen atoms in total. The number of hydrogen-bond donors (Lipinski definition) is 1. The lowest BCUT2D eigenvalue weighted by Gasteiger charge is -2.94. The molecule has 3 heteroatoms. The summed E-state index contributed by atoms with van der Waals surface area (Å²) in [6, 6.07) is 19.0. The van der Waals surface area contributed by atoms with Crippen molar-refractivity contribution in [3.63, 3.8) is 0 Å². The van der Waals surface area contributed by atoms with Crippen LogP contribution in [0, 0.1) is 28.6 Å². The molecule has 2 aromatic rings. The summed E-state index contributed by atoms with van der Waals surface area (Å²) in [7, 11) is 1.97. The van der Waals surface area contributed by atoms with Gasteiger partial charge < -0.3 is 5.32 Å². The van der Waals surface area contributed by atoms with Gasteiger partial charge in [-0.25, -0.2) is 0 Å². The van der Waals surface area contributed by atoms with Crippen LogP contribution in [0.25, 0.3) is 0 Å². The number of amides is 1. The molecule has 154 valence electrons. The minimum atomic E-state index is 0.0813. The van der Waals surface area contributed by atoms with Crippen LogP contribution in [0.3, 0.4) is 0 Å². The van der Waals surface area contributed by atoms with E-state index in [4.69, 9.17) is 4.99 Å². The van der Waals surface area contributed by atoms with Gasteiger partial charge >= 0.3 is 0 Å². The van der Waals surface area contributed by atoms with Crippen LogP contribution in [0.2, 0.25) is 0 Å². The highest BCUT2D eigenvalue weighted by molar-refractivity contribution is 5.94. The van der Waals surface area contributed by atoms with Gasteiger partial charge in [-0.15, -0.1) is 0 Å². The van der Waals surface area contributed by atoms with Crippen molar-refractivity contribution in [3.8, 4) is 0 Å². The third-order valence-electron chi connectivity index (χ3n) is 9.36. The molecule has 5 unspecified atom stereocenters. The normalized spacial score (nSPS) is 37.5. The van der Waals surface area contributed by atoms with Gasteiger partial charge in [-0.3, -0.25) is 9.79 Å². The van der Waals surface area contributed by atoms with Crippen LogP contribution in [-0.2, 0) is 17.8 Å². The Bertz CT molecular complexity index is 1020. The molecule has 0 heterocycles. The SMILES string of the molecule is CN=C(C)C12CC3CC4CC([C@H]1c1ccc(CC(=O)NCc5ccccc5)cc1)C432. The van der Waals surface area contributed by atoms with E-state index in [1.54, 1.807) is 0 Å². The lowest BCUT2D eigenvalue weighted by Crippen LogP contribution is -2.89. The molecule has 0 aliphatic heterocycles.